The topological polar surface area (TPSA) is 101 Å². The molecule has 0 saturated heterocycles. The first-order valence-corrected chi connectivity index (χ1v) is 6.91. The second-order valence-corrected chi connectivity index (χ2v) is 5.41. The van der Waals surface area contributed by atoms with Crippen LogP contribution in [0.2, 0.25) is 0 Å². The van der Waals surface area contributed by atoms with Crippen LogP contribution in [0, 0.1) is 5.41 Å². The van der Waals surface area contributed by atoms with Gasteiger partial charge in [0.1, 0.15) is 5.75 Å². The Morgan fingerprint density at radius 1 is 1.00 bits per heavy atom. The Bertz CT molecular complexity index is 528. The number of carbonyl (C=O) groups is 3. The fourth-order valence-corrected chi connectivity index (χ4v) is 2.21. The molecule has 0 fully saturated rings. The minimum absolute atomic E-state index is 0.0977. The molecule has 0 aliphatic heterocycles. The van der Waals surface area contributed by atoms with E-state index in [0.29, 0.717) is 11.3 Å². The van der Waals surface area contributed by atoms with Gasteiger partial charge in [0.15, 0.2) is 5.78 Å². The Kier molecular flexibility index (Phi) is 6.10. The third kappa shape index (κ3) is 4.87. The number of ether oxygens (including phenoxy) is 1. The van der Waals surface area contributed by atoms with Crippen molar-refractivity contribution in [2.24, 2.45) is 5.41 Å². The molecule has 120 valence electrons. The predicted molar refractivity (Wildman–Crippen MR) is 79.2 cm³/mol. The number of ketones is 1. The maximum Gasteiger partial charge on any atom is 0.303 e. The smallest absolute Gasteiger partial charge is 0.303 e. The van der Waals surface area contributed by atoms with E-state index in [1.807, 2.05) is 0 Å². The lowest BCUT2D eigenvalue weighted by Crippen LogP contribution is -2.29. The molecule has 1 aromatic rings. The summed E-state index contributed by atoms with van der Waals surface area (Å²) < 4.78 is 5.03. The quantitative estimate of drug-likeness (QED) is 0.680. The first-order chi connectivity index (χ1) is 10.3. The molecule has 0 aliphatic rings. The van der Waals surface area contributed by atoms with E-state index in [2.05, 4.69) is 0 Å². The van der Waals surface area contributed by atoms with E-state index in [1.165, 1.54) is 7.11 Å². The first kappa shape index (κ1) is 17.7. The summed E-state index contributed by atoms with van der Waals surface area (Å²) in [5.41, 5.74) is -0.607. The van der Waals surface area contributed by atoms with E-state index in [0.717, 1.165) is 0 Å². The zero-order valence-corrected chi connectivity index (χ0v) is 12.7. The number of carboxylic acid groups (broad SMARTS) is 2. The molecule has 0 atom stereocenters. The third-order valence-electron chi connectivity index (χ3n) is 3.68. The van der Waals surface area contributed by atoms with Gasteiger partial charge in [-0.25, -0.2) is 0 Å². The van der Waals surface area contributed by atoms with Gasteiger partial charge >= 0.3 is 11.9 Å². The van der Waals surface area contributed by atoms with Gasteiger partial charge in [0, 0.05) is 23.8 Å². The van der Waals surface area contributed by atoms with Gasteiger partial charge in [-0.05, 0) is 37.1 Å². The molecule has 0 aromatic heterocycles. The summed E-state index contributed by atoms with van der Waals surface area (Å²) in [4.78, 5) is 34.2. The highest BCUT2D eigenvalue weighted by Gasteiger charge is 2.34. The number of aliphatic carboxylic acids is 2. The Morgan fingerprint density at radius 2 is 1.45 bits per heavy atom. The maximum atomic E-state index is 12.7. The van der Waals surface area contributed by atoms with Gasteiger partial charge in [-0.1, -0.05) is 6.92 Å². The molecule has 2 N–H and O–H groups in total. The summed E-state index contributed by atoms with van der Waals surface area (Å²) >= 11 is 0. The van der Waals surface area contributed by atoms with Gasteiger partial charge in [-0.2, -0.15) is 0 Å². The number of hydrogen-bond acceptors (Lipinski definition) is 4. The minimum Gasteiger partial charge on any atom is -0.497 e. The number of rotatable bonds is 9. The highest BCUT2D eigenvalue weighted by molar-refractivity contribution is 6.00. The molecule has 1 rings (SSSR count). The van der Waals surface area contributed by atoms with Crippen LogP contribution in [-0.4, -0.2) is 35.0 Å². The highest BCUT2D eigenvalue weighted by atomic mass is 16.5. The van der Waals surface area contributed by atoms with Gasteiger partial charge in [-0.3, -0.25) is 14.4 Å². The first-order valence-electron chi connectivity index (χ1n) is 6.91. The largest absolute Gasteiger partial charge is 0.497 e. The minimum atomic E-state index is -1.02. The van der Waals surface area contributed by atoms with Crippen LogP contribution >= 0.6 is 0 Å². The summed E-state index contributed by atoms with van der Waals surface area (Å²) in [5, 5.41) is 17.7. The maximum absolute atomic E-state index is 12.7. The normalized spacial score (nSPS) is 11.0. The SMILES string of the molecule is COc1ccc(C(=O)C(C)(CCC(=O)O)CCC(=O)O)cc1. The highest BCUT2D eigenvalue weighted by Crippen LogP contribution is 2.34. The van der Waals surface area contributed by atoms with Crippen LogP contribution in [0.1, 0.15) is 43.0 Å². The Balaban J connectivity index is 2.98. The molecule has 6 heteroatoms. The molecule has 0 unspecified atom stereocenters. The number of carbonyl (C=O) groups excluding carboxylic acids is 1. The fourth-order valence-electron chi connectivity index (χ4n) is 2.21. The molecular formula is C16H20O6. The van der Waals surface area contributed by atoms with Crippen LogP contribution in [0.3, 0.4) is 0 Å². The summed E-state index contributed by atoms with van der Waals surface area (Å²) in [7, 11) is 1.51. The average Bonchev–Trinajstić information content (AvgIpc) is 2.50. The fraction of sp³-hybridized carbons (Fsp3) is 0.438. The van der Waals surface area contributed by atoms with Gasteiger partial charge in [0.2, 0.25) is 0 Å². The average molecular weight is 308 g/mol. The zero-order chi connectivity index (χ0) is 16.8. The number of methoxy groups -OCH3 is 1. The van der Waals surface area contributed by atoms with Gasteiger partial charge in [0.05, 0.1) is 7.11 Å². The van der Waals surface area contributed by atoms with E-state index in [-0.39, 0.29) is 31.5 Å². The lowest BCUT2D eigenvalue weighted by atomic mass is 9.75. The van der Waals surface area contributed by atoms with Crippen LogP contribution < -0.4 is 4.74 Å². The van der Waals surface area contributed by atoms with Crippen molar-refractivity contribution >= 4 is 17.7 Å². The molecular weight excluding hydrogens is 288 g/mol. The van der Waals surface area contributed by atoms with Crippen LogP contribution in [0.25, 0.3) is 0 Å². The lowest BCUT2D eigenvalue weighted by molar-refractivity contribution is -0.137. The van der Waals surface area contributed by atoms with Crippen LogP contribution in [0.15, 0.2) is 24.3 Å². The van der Waals surface area contributed by atoms with E-state index in [9.17, 15) is 14.4 Å². The number of carboxylic acids is 2. The molecule has 0 aliphatic carbocycles. The predicted octanol–water partition coefficient (Wildman–Crippen LogP) is 2.61. The Labute approximate surface area is 128 Å². The van der Waals surface area contributed by atoms with Crippen molar-refractivity contribution in [2.45, 2.75) is 32.6 Å². The molecule has 0 heterocycles. The van der Waals surface area contributed by atoms with E-state index < -0.39 is 17.4 Å². The summed E-state index contributed by atoms with van der Waals surface area (Å²) in [6.45, 7) is 1.62. The molecule has 22 heavy (non-hydrogen) atoms. The molecule has 6 nitrogen and oxygen atoms in total. The third-order valence-corrected chi connectivity index (χ3v) is 3.68. The second kappa shape index (κ2) is 7.59. The standard InChI is InChI=1S/C16H20O6/c1-16(9-7-13(17)18,10-8-14(19)20)15(21)11-3-5-12(22-2)6-4-11/h3-6H,7-10H2,1-2H3,(H,17,18)(H,19,20). The molecule has 0 radical (unpaired) electrons. The van der Waals surface area contributed by atoms with E-state index >= 15 is 0 Å². The van der Waals surface area contributed by atoms with Crippen molar-refractivity contribution in [3.05, 3.63) is 29.8 Å². The molecule has 0 amide bonds. The Morgan fingerprint density at radius 3 is 1.82 bits per heavy atom. The second-order valence-electron chi connectivity index (χ2n) is 5.41. The number of Topliss-reactive ketones (excluding diaryl/α,β-unsaturated/α-hetero) is 1. The van der Waals surface area contributed by atoms with Crippen molar-refractivity contribution in [1.82, 2.24) is 0 Å². The number of hydrogen-bond donors (Lipinski definition) is 2. The molecule has 0 bridgehead atoms. The molecule has 0 spiro atoms. The lowest BCUT2D eigenvalue weighted by Gasteiger charge is -2.27. The summed E-state index contributed by atoms with van der Waals surface area (Å²) in [6.07, 6.45) is -0.170. The van der Waals surface area contributed by atoms with Gasteiger partial charge in [-0.15, -0.1) is 0 Å². The van der Waals surface area contributed by atoms with Crippen LogP contribution in [0.5, 0.6) is 5.75 Å². The van der Waals surface area contributed by atoms with E-state index in [1.54, 1.807) is 31.2 Å². The monoisotopic (exact) mass is 308 g/mol. The number of benzene rings is 1. The van der Waals surface area contributed by atoms with Gasteiger partial charge in [0.25, 0.3) is 0 Å². The van der Waals surface area contributed by atoms with Crippen LogP contribution in [-0.2, 0) is 9.59 Å². The summed E-state index contributed by atoms with van der Waals surface area (Å²) in [6, 6.07) is 6.48. The van der Waals surface area contributed by atoms with Crippen molar-refractivity contribution in [2.75, 3.05) is 7.11 Å². The van der Waals surface area contributed by atoms with Gasteiger partial charge < -0.3 is 14.9 Å². The summed E-state index contributed by atoms with van der Waals surface area (Å²) in [5.74, 6) is -1.67. The van der Waals surface area contributed by atoms with Crippen LogP contribution in [0.4, 0.5) is 0 Å². The Hall–Kier alpha value is -2.37. The van der Waals surface area contributed by atoms with Crippen molar-refractivity contribution in [1.29, 1.82) is 0 Å². The zero-order valence-electron chi connectivity index (χ0n) is 12.7. The van der Waals surface area contributed by atoms with Crippen molar-refractivity contribution in [3.8, 4) is 5.75 Å². The van der Waals surface area contributed by atoms with Crippen molar-refractivity contribution in [3.63, 3.8) is 0 Å². The molecule has 0 saturated carbocycles. The van der Waals surface area contributed by atoms with Crippen molar-refractivity contribution < 1.29 is 29.3 Å². The van der Waals surface area contributed by atoms with E-state index in [4.69, 9.17) is 14.9 Å². The molecule has 1 aromatic carbocycles.